The van der Waals surface area contributed by atoms with Crippen molar-refractivity contribution >= 4 is 29.2 Å². The van der Waals surface area contributed by atoms with Gasteiger partial charge in [0, 0.05) is 25.6 Å². The molecule has 0 fully saturated rings. The van der Waals surface area contributed by atoms with Crippen molar-refractivity contribution in [2.75, 3.05) is 13.1 Å². The second kappa shape index (κ2) is 8.92. The number of carbonyl (C=O) groups is 2. The number of aliphatic hydroxyl groups excluding tert-OH is 1. The first-order chi connectivity index (χ1) is 11.1. The molecule has 0 bridgehead atoms. The summed E-state index contributed by atoms with van der Waals surface area (Å²) in [5.41, 5.74) is 0.784. The predicted molar refractivity (Wildman–Crippen MR) is 87.7 cm³/mol. The molecule has 1 atom stereocenters. The van der Waals surface area contributed by atoms with Crippen LogP contribution in [0.25, 0.3) is 6.08 Å². The van der Waals surface area contributed by atoms with E-state index in [1.807, 2.05) is 16.8 Å². The first-order valence-electron chi connectivity index (χ1n) is 7.11. The fourth-order valence-electron chi connectivity index (χ4n) is 1.78. The number of carbonyl (C=O) groups excluding carboxylic acids is 2. The summed E-state index contributed by atoms with van der Waals surface area (Å²) >= 11 is 1.49. The molecule has 6 nitrogen and oxygen atoms in total. The number of amides is 2. The predicted octanol–water partition coefficient (Wildman–Crippen LogP) is 1.71. The van der Waals surface area contributed by atoms with Crippen LogP contribution in [0.4, 0.5) is 0 Å². The van der Waals surface area contributed by atoms with Gasteiger partial charge in [0.1, 0.15) is 5.76 Å². The van der Waals surface area contributed by atoms with Crippen LogP contribution in [0.15, 0.2) is 45.7 Å². The van der Waals surface area contributed by atoms with Crippen molar-refractivity contribution < 1.29 is 19.1 Å². The molecule has 0 aliphatic heterocycles. The summed E-state index contributed by atoms with van der Waals surface area (Å²) in [6.07, 6.45) is 3.85. The van der Waals surface area contributed by atoms with Gasteiger partial charge in [0.15, 0.2) is 0 Å². The number of nitrogens with one attached hydrogen (secondary N) is 2. The Kier molecular flexibility index (Phi) is 6.58. The monoisotopic (exact) mass is 334 g/mol. The summed E-state index contributed by atoms with van der Waals surface area (Å²) in [6, 6.07) is 5.27. The molecule has 2 amide bonds. The Morgan fingerprint density at radius 1 is 1.35 bits per heavy atom. The SMILES string of the molecule is O=C(C=Cc1ccco1)NCCC(=O)NCC(O)c1ccsc1. The Bertz CT molecular complexity index is 635. The lowest BCUT2D eigenvalue weighted by Gasteiger charge is -2.10. The van der Waals surface area contributed by atoms with Crippen LogP contribution >= 0.6 is 11.3 Å². The lowest BCUT2D eigenvalue weighted by molar-refractivity contribution is -0.121. The summed E-state index contributed by atoms with van der Waals surface area (Å²) in [5.74, 6) is 0.0578. The largest absolute Gasteiger partial charge is 0.465 e. The summed E-state index contributed by atoms with van der Waals surface area (Å²) in [6.45, 7) is 0.379. The molecule has 23 heavy (non-hydrogen) atoms. The van der Waals surface area contributed by atoms with Crippen molar-refractivity contribution in [2.24, 2.45) is 0 Å². The van der Waals surface area contributed by atoms with Gasteiger partial charge in [-0.1, -0.05) is 0 Å². The Balaban J connectivity index is 1.60. The van der Waals surface area contributed by atoms with Crippen molar-refractivity contribution in [1.82, 2.24) is 10.6 Å². The Morgan fingerprint density at radius 2 is 2.22 bits per heavy atom. The van der Waals surface area contributed by atoms with Gasteiger partial charge in [-0.2, -0.15) is 11.3 Å². The highest BCUT2D eigenvalue weighted by molar-refractivity contribution is 7.07. The van der Waals surface area contributed by atoms with Crippen molar-refractivity contribution in [2.45, 2.75) is 12.5 Å². The smallest absolute Gasteiger partial charge is 0.244 e. The van der Waals surface area contributed by atoms with E-state index in [1.54, 1.807) is 18.2 Å². The Morgan fingerprint density at radius 3 is 2.91 bits per heavy atom. The highest BCUT2D eigenvalue weighted by Crippen LogP contribution is 2.14. The molecule has 0 aliphatic rings. The van der Waals surface area contributed by atoms with E-state index in [1.165, 1.54) is 23.7 Å². The van der Waals surface area contributed by atoms with Crippen LogP contribution in [0.3, 0.4) is 0 Å². The second-order valence-electron chi connectivity index (χ2n) is 4.77. The first-order valence-corrected chi connectivity index (χ1v) is 8.05. The van der Waals surface area contributed by atoms with Crippen LogP contribution in [0.1, 0.15) is 23.8 Å². The van der Waals surface area contributed by atoms with Gasteiger partial charge in [-0.25, -0.2) is 0 Å². The van der Waals surface area contributed by atoms with Gasteiger partial charge in [0.05, 0.1) is 12.4 Å². The fourth-order valence-corrected chi connectivity index (χ4v) is 2.49. The van der Waals surface area contributed by atoms with Gasteiger partial charge < -0.3 is 20.2 Å². The molecule has 0 aliphatic carbocycles. The van der Waals surface area contributed by atoms with E-state index < -0.39 is 6.10 Å². The van der Waals surface area contributed by atoms with Gasteiger partial charge in [0.25, 0.3) is 0 Å². The molecule has 0 saturated carbocycles. The minimum absolute atomic E-state index is 0.149. The fraction of sp³-hybridized carbons (Fsp3) is 0.250. The molecule has 2 aromatic rings. The third kappa shape index (κ3) is 6.09. The van der Waals surface area contributed by atoms with Gasteiger partial charge >= 0.3 is 0 Å². The van der Waals surface area contributed by atoms with Gasteiger partial charge in [0.2, 0.25) is 11.8 Å². The standard InChI is InChI=1S/C16H18N2O4S/c19-14(12-6-9-23-11-12)10-18-16(21)5-7-17-15(20)4-3-13-2-1-8-22-13/h1-4,6,8-9,11,14,19H,5,7,10H2,(H,17,20)(H,18,21). The van der Waals surface area contributed by atoms with Crippen LogP contribution in [-0.2, 0) is 9.59 Å². The quantitative estimate of drug-likeness (QED) is 0.641. The molecule has 0 aromatic carbocycles. The lowest BCUT2D eigenvalue weighted by atomic mass is 10.2. The topological polar surface area (TPSA) is 91.6 Å². The average Bonchev–Trinajstić information content (AvgIpc) is 3.23. The summed E-state index contributed by atoms with van der Waals surface area (Å²) < 4.78 is 5.06. The number of hydrogen-bond donors (Lipinski definition) is 3. The van der Waals surface area contributed by atoms with Gasteiger partial charge in [-0.15, -0.1) is 0 Å². The highest BCUT2D eigenvalue weighted by Gasteiger charge is 2.09. The van der Waals surface area contributed by atoms with Gasteiger partial charge in [-0.3, -0.25) is 9.59 Å². The number of thiophene rings is 1. The Hall–Kier alpha value is -2.38. The van der Waals surface area contributed by atoms with Crippen LogP contribution in [0.5, 0.6) is 0 Å². The van der Waals surface area contributed by atoms with E-state index in [4.69, 9.17) is 4.42 Å². The molecular formula is C16H18N2O4S. The molecule has 2 rings (SSSR count). The first kappa shape index (κ1) is 17.0. The van der Waals surface area contributed by atoms with Crippen LogP contribution in [0.2, 0.25) is 0 Å². The van der Waals surface area contributed by atoms with Crippen molar-refractivity contribution in [1.29, 1.82) is 0 Å². The molecule has 0 saturated heterocycles. The number of aliphatic hydroxyl groups is 1. The molecule has 2 aromatic heterocycles. The van der Waals surface area contributed by atoms with E-state index in [0.29, 0.717) is 5.76 Å². The van der Waals surface area contributed by atoms with Gasteiger partial charge in [-0.05, 0) is 40.6 Å². The molecule has 3 N–H and O–H groups in total. The van der Waals surface area contributed by atoms with E-state index in [0.717, 1.165) is 5.56 Å². The lowest BCUT2D eigenvalue weighted by Crippen LogP contribution is -2.32. The minimum Gasteiger partial charge on any atom is -0.465 e. The summed E-state index contributed by atoms with van der Waals surface area (Å²) in [4.78, 5) is 23.2. The average molecular weight is 334 g/mol. The van der Waals surface area contributed by atoms with E-state index in [2.05, 4.69) is 10.6 Å². The van der Waals surface area contributed by atoms with Crippen LogP contribution < -0.4 is 10.6 Å². The van der Waals surface area contributed by atoms with Crippen LogP contribution in [-0.4, -0.2) is 30.0 Å². The molecule has 7 heteroatoms. The third-order valence-electron chi connectivity index (χ3n) is 3.01. The minimum atomic E-state index is -0.712. The van der Waals surface area contributed by atoms with E-state index >= 15 is 0 Å². The zero-order valence-corrected chi connectivity index (χ0v) is 13.2. The maximum Gasteiger partial charge on any atom is 0.244 e. The normalized spacial score (nSPS) is 12.2. The maximum atomic E-state index is 11.6. The molecule has 1 unspecified atom stereocenters. The van der Waals surface area contributed by atoms with E-state index in [9.17, 15) is 14.7 Å². The number of hydrogen-bond acceptors (Lipinski definition) is 5. The maximum absolute atomic E-state index is 11.6. The summed E-state index contributed by atoms with van der Waals surface area (Å²) in [7, 11) is 0. The number of rotatable bonds is 8. The van der Waals surface area contributed by atoms with Crippen molar-refractivity contribution in [3.8, 4) is 0 Å². The molecule has 122 valence electrons. The zero-order valence-electron chi connectivity index (χ0n) is 12.4. The number of furan rings is 1. The van der Waals surface area contributed by atoms with E-state index in [-0.39, 0.29) is 31.3 Å². The van der Waals surface area contributed by atoms with Crippen molar-refractivity contribution in [3.63, 3.8) is 0 Å². The second-order valence-corrected chi connectivity index (χ2v) is 5.55. The van der Waals surface area contributed by atoms with Crippen LogP contribution in [0, 0.1) is 0 Å². The third-order valence-corrected chi connectivity index (χ3v) is 3.72. The molecule has 0 spiro atoms. The highest BCUT2D eigenvalue weighted by atomic mass is 32.1. The molecule has 0 radical (unpaired) electrons. The zero-order chi connectivity index (χ0) is 16.5. The molecular weight excluding hydrogens is 316 g/mol. The van der Waals surface area contributed by atoms with Crippen molar-refractivity contribution in [3.05, 3.63) is 52.6 Å². The molecule has 2 heterocycles. The summed E-state index contributed by atoms with van der Waals surface area (Å²) in [5, 5.41) is 18.8. The Labute approximate surface area is 137 Å².